The number of rotatable bonds is 0. The van der Waals surface area contributed by atoms with Gasteiger partial charge in [0.15, 0.2) is 0 Å². The van der Waals surface area contributed by atoms with E-state index in [4.69, 9.17) is 4.74 Å². The van der Waals surface area contributed by atoms with Gasteiger partial charge in [0.25, 0.3) is 0 Å². The van der Waals surface area contributed by atoms with Crippen LogP contribution in [-0.4, -0.2) is 12.2 Å². The molecule has 1 aliphatic heterocycles. The molecule has 2 saturated carbocycles. The lowest BCUT2D eigenvalue weighted by Gasteiger charge is -2.47. The van der Waals surface area contributed by atoms with Crippen molar-refractivity contribution in [2.24, 2.45) is 17.3 Å². The minimum absolute atomic E-state index is 0.234. The zero-order valence-corrected chi connectivity index (χ0v) is 9.31. The lowest BCUT2D eigenvalue weighted by molar-refractivity contribution is -0.0629. The lowest BCUT2D eigenvalue weighted by Crippen LogP contribution is -2.47. The summed E-state index contributed by atoms with van der Waals surface area (Å²) in [7, 11) is 0. The molecule has 1 nitrogen and oxygen atoms in total. The maximum absolute atomic E-state index is 6.16. The molecule has 0 amide bonds. The third-order valence-corrected chi connectivity index (χ3v) is 5.52. The first-order valence-corrected chi connectivity index (χ1v) is 5.92. The van der Waals surface area contributed by atoms with E-state index >= 15 is 0 Å². The van der Waals surface area contributed by atoms with Gasteiger partial charge in [0.05, 0.1) is 12.2 Å². The Kier molecular flexibility index (Phi) is 1.56. The highest BCUT2D eigenvalue weighted by Gasteiger charge is 2.66. The highest BCUT2D eigenvalue weighted by atomic mass is 16.5. The van der Waals surface area contributed by atoms with E-state index in [1.807, 2.05) is 0 Å². The minimum atomic E-state index is 0.234. The van der Waals surface area contributed by atoms with Gasteiger partial charge in [0.2, 0.25) is 0 Å². The van der Waals surface area contributed by atoms with E-state index in [-0.39, 0.29) is 5.60 Å². The fourth-order valence-electron chi connectivity index (χ4n) is 4.37. The average molecular weight is 192 g/mol. The van der Waals surface area contributed by atoms with Crippen molar-refractivity contribution < 1.29 is 4.74 Å². The molecule has 0 aromatic carbocycles. The molecule has 2 bridgehead atoms. The SMILES string of the molecule is C=C1CC[C@@]23CC[C@@H]1[C@]2(C)[C@H](C)CO3. The number of ether oxygens (including phenoxy) is 1. The second kappa shape index (κ2) is 2.44. The van der Waals surface area contributed by atoms with E-state index in [9.17, 15) is 0 Å². The normalized spacial score (nSPS) is 56.3. The van der Waals surface area contributed by atoms with Crippen LogP contribution in [0, 0.1) is 17.3 Å². The molecule has 0 unspecified atom stereocenters. The summed E-state index contributed by atoms with van der Waals surface area (Å²) in [6, 6.07) is 0. The topological polar surface area (TPSA) is 9.23 Å². The quantitative estimate of drug-likeness (QED) is 0.536. The first-order chi connectivity index (χ1) is 6.60. The molecule has 4 atom stereocenters. The third kappa shape index (κ3) is 0.735. The van der Waals surface area contributed by atoms with Crippen LogP contribution in [0.1, 0.15) is 39.5 Å². The summed E-state index contributed by atoms with van der Waals surface area (Å²) >= 11 is 0. The maximum Gasteiger partial charge on any atom is 0.0748 e. The van der Waals surface area contributed by atoms with Gasteiger partial charge in [-0.3, -0.25) is 0 Å². The van der Waals surface area contributed by atoms with Gasteiger partial charge in [-0.2, -0.15) is 0 Å². The monoisotopic (exact) mass is 192 g/mol. The number of hydrogen-bond donors (Lipinski definition) is 0. The smallest absolute Gasteiger partial charge is 0.0748 e. The van der Waals surface area contributed by atoms with Gasteiger partial charge >= 0.3 is 0 Å². The van der Waals surface area contributed by atoms with Gasteiger partial charge in [-0.25, -0.2) is 0 Å². The zero-order valence-electron chi connectivity index (χ0n) is 9.31. The second-order valence-corrected chi connectivity index (χ2v) is 5.74. The first kappa shape index (κ1) is 8.96. The van der Waals surface area contributed by atoms with Gasteiger partial charge in [-0.05, 0) is 37.5 Å². The molecule has 0 radical (unpaired) electrons. The predicted octanol–water partition coefficient (Wildman–Crippen LogP) is 3.16. The van der Waals surface area contributed by atoms with Crippen LogP contribution in [0.25, 0.3) is 0 Å². The van der Waals surface area contributed by atoms with Crippen LogP contribution in [0.5, 0.6) is 0 Å². The van der Waals surface area contributed by atoms with Crippen LogP contribution in [0.2, 0.25) is 0 Å². The van der Waals surface area contributed by atoms with Crippen molar-refractivity contribution in [1.82, 2.24) is 0 Å². The summed E-state index contributed by atoms with van der Waals surface area (Å²) < 4.78 is 6.16. The molecule has 0 spiro atoms. The molecule has 0 aromatic heterocycles. The number of hydrogen-bond acceptors (Lipinski definition) is 1. The Morgan fingerprint density at radius 3 is 3.00 bits per heavy atom. The summed E-state index contributed by atoms with van der Waals surface area (Å²) in [4.78, 5) is 0. The van der Waals surface area contributed by atoms with Crippen LogP contribution in [-0.2, 0) is 4.74 Å². The molecule has 3 rings (SSSR count). The Morgan fingerprint density at radius 2 is 2.21 bits per heavy atom. The van der Waals surface area contributed by atoms with Crippen LogP contribution in [0.15, 0.2) is 12.2 Å². The molecule has 0 aromatic rings. The van der Waals surface area contributed by atoms with Gasteiger partial charge < -0.3 is 4.74 Å². The standard InChI is InChI=1S/C13H20O/c1-9-4-6-13-7-5-11(9)12(13,3)10(2)8-14-13/h10-11H,1,4-8H2,2-3H3/t10-,11+,12+,13-/m1/s1. The fourth-order valence-corrected chi connectivity index (χ4v) is 4.37. The molecule has 3 fully saturated rings. The molecule has 78 valence electrons. The molecule has 1 heterocycles. The summed E-state index contributed by atoms with van der Waals surface area (Å²) in [5.41, 5.74) is 2.14. The minimum Gasteiger partial charge on any atom is -0.374 e. The van der Waals surface area contributed by atoms with Crippen LogP contribution < -0.4 is 0 Å². The average Bonchev–Trinajstić information content (AvgIpc) is 2.49. The van der Waals surface area contributed by atoms with Gasteiger partial charge in [-0.1, -0.05) is 26.0 Å². The first-order valence-electron chi connectivity index (χ1n) is 5.92. The van der Waals surface area contributed by atoms with Crippen molar-refractivity contribution >= 4 is 0 Å². The van der Waals surface area contributed by atoms with E-state index in [1.54, 1.807) is 0 Å². The fraction of sp³-hybridized carbons (Fsp3) is 0.846. The van der Waals surface area contributed by atoms with Crippen molar-refractivity contribution in [2.45, 2.75) is 45.1 Å². The molecule has 14 heavy (non-hydrogen) atoms. The largest absolute Gasteiger partial charge is 0.374 e. The number of allylic oxidation sites excluding steroid dienone is 1. The summed E-state index contributed by atoms with van der Waals surface area (Å²) in [6.45, 7) is 10.1. The van der Waals surface area contributed by atoms with Crippen molar-refractivity contribution in [3.05, 3.63) is 12.2 Å². The molecule has 0 N–H and O–H groups in total. The molecule has 1 heteroatoms. The van der Waals surface area contributed by atoms with Crippen LogP contribution in [0.3, 0.4) is 0 Å². The Balaban J connectivity index is 2.11. The van der Waals surface area contributed by atoms with Crippen molar-refractivity contribution in [1.29, 1.82) is 0 Å². The van der Waals surface area contributed by atoms with Gasteiger partial charge in [-0.15, -0.1) is 0 Å². The molecule has 3 aliphatic rings. The molecular formula is C13H20O. The summed E-state index contributed by atoms with van der Waals surface area (Å²) in [5, 5.41) is 0. The van der Waals surface area contributed by atoms with E-state index in [2.05, 4.69) is 20.4 Å². The highest BCUT2D eigenvalue weighted by molar-refractivity contribution is 5.25. The Labute approximate surface area is 86.5 Å². The molecule has 1 saturated heterocycles. The predicted molar refractivity (Wildman–Crippen MR) is 57.1 cm³/mol. The summed E-state index contributed by atoms with van der Waals surface area (Å²) in [6.07, 6.45) is 5.02. The highest BCUT2D eigenvalue weighted by Crippen LogP contribution is 2.67. The second-order valence-electron chi connectivity index (χ2n) is 5.74. The van der Waals surface area contributed by atoms with Gasteiger partial charge in [0, 0.05) is 5.41 Å². The molecule has 2 aliphatic carbocycles. The lowest BCUT2D eigenvalue weighted by atomic mass is 9.58. The maximum atomic E-state index is 6.16. The van der Waals surface area contributed by atoms with Crippen LogP contribution in [0.4, 0.5) is 0 Å². The Hall–Kier alpha value is -0.300. The van der Waals surface area contributed by atoms with E-state index < -0.39 is 0 Å². The van der Waals surface area contributed by atoms with E-state index in [0.29, 0.717) is 11.3 Å². The van der Waals surface area contributed by atoms with Crippen LogP contribution >= 0.6 is 0 Å². The van der Waals surface area contributed by atoms with E-state index in [1.165, 1.54) is 31.3 Å². The summed E-state index contributed by atoms with van der Waals surface area (Å²) in [5.74, 6) is 1.46. The third-order valence-electron chi connectivity index (χ3n) is 5.52. The van der Waals surface area contributed by atoms with Crippen molar-refractivity contribution in [2.75, 3.05) is 6.61 Å². The van der Waals surface area contributed by atoms with Crippen molar-refractivity contribution in [3.8, 4) is 0 Å². The zero-order chi connectivity index (χ0) is 9.97. The Morgan fingerprint density at radius 1 is 1.43 bits per heavy atom. The van der Waals surface area contributed by atoms with Crippen molar-refractivity contribution in [3.63, 3.8) is 0 Å². The van der Waals surface area contributed by atoms with E-state index in [0.717, 1.165) is 12.5 Å². The van der Waals surface area contributed by atoms with Gasteiger partial charge in [0.1, 0.15) is 0 Å². The molecular weight excluding hydrogens is 172 g/mol. The Bertz CT molecular complexity index is 296.